The number of nitrogens with zero attached hydrogens (tertiary/aromatic N) is 1. The first-order chi connectivity index (χ1) is 12.2. The van der Waals surface area contributed by atoms with Crippen molar-refractivity contribution in [1.82, 2.24) is 10.4 Å². The van der Waals surface area contributed by atoms with Gasteiger partial charge in [0, 0.05) is 37.6 Å². The highest BCUT2D eigenvalue weighted by Crippen LogP contribution is 2.33. The van der Waals surface area contributed by atoms with E-state index in [1.165, 1.54) is 0 Å². The molecule has 3 aliphatic rings. The standard InChI is InChI=1S/C19H24N2O4/c22-18(20-25-17-3-1-2-10-24-17)15-6-7-16-12-21(9-8-14(16)11-15)19(23)13-4-5-13/h6-7,11,13,17H,1-5,8-10,12H2,(H,20,22). The average molecular weight is 344 g/mol. The normalized spacial score (nSPS) is 23.0. The third-order valence-corrected chi connectivity index (χ3v) is 5.14. The maximum atomic E-state index is 12.3. The second-order valence-corrected chi connectivity index (χ2v) is 7.11. The minimum atomic E-state index is -0.350. The number of benzene rings is 1. The molecule has 1 aromatic rings. The van der Waals surface area contributed by atoms with Crippen LogP contribution < -0.4 is 5.48 Å². The number of nitrogens with one attached hydrogen (secondary N) is 1. The minimum Gasteiger partial charge on any atom is -0.350 e. The number of rotatable bonds is 4. The van der Waals surface area contributed by atoms with Crippen LogP contribution >= 0.6 is 0 Å². The van der Waals surface area contributed by atoms with Gasteiger partial charge in [-0.15, -0.1) is 0 Å². The molecule has 0 radical (unpaired) electrons. The van der Waals surface area contributed by atoms with Crippen LogP contribution in [0.4, 0.5) is 0 Å². The highest BCUT2D eigenvalue weighted by molar-refractivity contribution is 5.93. The fraction of sp³-hybridized carbons (Fsp3) is 0.579. The van der Waals surface area contributed by atoms with Crippen molar-refractivity contribution in [2.45, 2.75) is 51.4 Å². The molecule has 1 aliphatic carbocycles. The highest BCUT2D eigenvalue weighted by Gasteiger charge is 2.34. The molecule has 134 valence electrons. The van der Waals surface area contributed by atoms with Crippen LogP contribution in [0.2, 0.25) is 0 Å². The van der Waals surface area contributed by atoms with Gasteiger partial charge in [0.15, 0.2) is 6.29 Å². The molecule has 2 fully saturated rings. The van der Waals surface area contributed by atoms with Crippen LogP contribution in [-0.4, -0.2) is 36.2 Å². The molecule has 4 rings (SSSR count). The molecule has 1 saturated heterocycles. The maximum absolute atomic E-state index is 12.3. The lowest BCUT2D eigenvalue weighted by Gasteiger charge is -2.29. The largest absolute Gasteiger partial charge is 0.350 e. The van der Waals surface area contributed by atoms with Gasteiger partial charge in [-0.1, -0.05) is 6.07 Å². The molecule has 25 heavy (non-hydrogen) atoms. The Labute approximate surface area is 147 Å². The molecule has 2 aliphatic heterocycles. The molecule has 2 amide bonds. The van der Waals surface area contributed by atoms with Crippen LogP contribution in [0.25, 0.3) is 0 Å². The van der Waals surface area contributed by atoms with Gasteiger partial charge in [0.2, 0.25) is 5.91 Å². The van der Waals surface area contributed by atoms with Gasteiger partial charge in [0.25, 0.3) is 5.91 Å². The van der Waals surface area contributed by atoms with E-state index in [9.17, 15) is 9.59 Å². The van der Waals surface area contributed by atoms with Crippen LogP contribution in [0.15, 0.2) is 18.2 Å². The first-order valence-electron chi connectivity index (χ1n) is 9.19. The van der Waals surface area contributed by atoms with Crippen molar-refractivity contribution in [3.05, 3.63) is 34.9 Å². The Morgan fingerprint density at radius 2 is 2.04 bits per heavy atom. The molecule has 6 nitrogen and oxygen atoms in total. The Bertz CT molecular complexity index is 665. The van der Waals surface area contributed by atoms with Crippen LogP contribution in [0.1, 0.15) is 53.6 Å². The van der Waals surface area contributed by atoms with Gasteiger partial charge in [0.05, 0.1) is 0 Å². The number of hydrogen-bond acceptors (Lipinski definition) is 4. The van der Waals surface area contributed by atoms with Crippen molar-refractivity contribution in [3.8, 4) is 0 Å². The van der Waals surface area contributed by atoms with Gasteiger partial charge >= 0.3 is 0 Å². The topological polar surface area (TPSA) is 67.9 Å². The monoisotopic (exact) mass is 344 g/mol. The third-order valence-electron chi connectivity index (χ3n) is 5.14. The summed E-state index contributed by atoms with van der Waals surface area (Å²) in [5.41, 5.74) is 5.35. The molecule has 2 heterocycles. The summed E-state index contributed by atoms with van der Waals surface area (Å²) in [6.07, 6.45) is 5.40. The van der Waals surface area contributed by atoms with Gasteiger partial charge in [-0.25, -0.2) is 10.3 Å². The van der Waals surface area contributed by atoms with E-state index in [0.29, 0.717) is 18.7 Å². The SMILES string of the molecule is O=C(NOC1CCCCO1)c1ccc2c(c1)CCN(C(=O)C1CC1)C2. The number of fused-ring (bicyclic) bond motifs is 1. The number of ether oxygens (including phenoxy) is 1. The number of amides is 2. The summed E-state index contributed by atoms with van der Waals surface area (Å²) in [7, 11) is 0. The van der Waals surface area contributed by atoms with Crippen LogP contribution in [0, 0.1) is 5.92 Å². The number of hydrogen-bond donors (Lipinski definition) is 1. The van der Waals surface area contributed by atoms with Crippen LogP contribution in [0.5, 0.6) is 0 Å². The van der Waals surface area contributed by atoms with Gasteiger partial charge in [-0.05, 0) is 55.4 Å². The van der Waals surface area contributed by atoms with E-state index in [-0.39, 0.29) is 24.0 Å². The molecule has 1 atom stereocenters. The van der Waals surface area contributed by atoms with Crippen molar-refractivity contribution < 1.29 is 19.2 Å². The maximum Gasteiger partial charge on any atom is 0.274 e. The number of hydroxylamine groups is 1. The van der Waals surface area contributed by atoms with E-state index in [1.807, 2.05) is 17.0 Å². The molecule has 1 aromatic carbocycles. The van der Waals surface area contributed by atoms with Gasteiger partial charge in [-0.2, -0.15) is 0 Å². The quantitative estimate of drug-likeness (QED) is 0.850. The van der Waals surface area contributed by atoms with Crippen molar-refractivity contribution >= 4 is 11.8 Å². The molecule has 0 bridgehead atoms. The lowest BCUT2D eigenvalue weighted by atomic mass is 9.97. The highest BCUT2D eigenvalue weighted by atomic mass is 16.8. The Morgan fingerprint density at radius 1 is 1.16 bits per heavy atom. The third kappa shape index (κ3) is 3.85. The van der Waals surface area contributed by atoms with Crippen LogP contribution in [-0.2, 0) is 27.3 Å². The van der Waals surface area contributed by atoms with E-state index in [1.54, 1.807) is 6.07 Å². The molecular weight excluding hydrogens is 320 g/mol. The summed E-state index contributed by atoms with van der Waals surface area (Å²) >= 11 is 0. The van der Waals surface area contributed by atoms with E-state index >= 15 is 0 Å². The predicted octanol–water partition coefficient (Wildman–Crippen LogP) is 2.17. The Kier molecular flexibility index (Phi) is 4.72. The predicted molar refractivity (Wildman–Crippen MR) is 90.4 cm³/mol. The number of carbonyl (C=O) groups is 2. The van der Waals surface area contributed by atoms with Gasteiger partial charge in [-0.3, -0.25) is 9.59 Å². The average Bonchev–Trinajstić information content (AvgIpc) is 3.50. The zero-order valence-corrected chi connectivity index (χ0v) is 14.3. The van der Waals surface area contributed by atoms with E-state index < -0.39 is 0 Å². The summed E-state index contributed by atoms with van der Waals surface area (Å²) in [5.74, 6) is 0.285. The lowest BCUT2D eigenvalue weighted by molar-refractivity contribution is -0.186. The molecule has 0 aromatic heterocycles. The smallest absolute Gasteiger partial charge is 0.274 e. The second-order valence-electron chi connectivity index (χ2n) is 7.11. The van der Waals surface area contributed by atoms with E-state index in [0.717, 1.165) is 56.2 Å². The fourth-order valence-corrected chi connectivity index (χ4v) is 3.45. The number of carbonyl (C=O) groups excluding carboxylic acids is 2. The summed E-state index contributed by atoms with van der Waals surface area (Å²) in [5, 5.41) is 0. The van der Waals surface area contributed by atoms with Gasteiger partial charge < -0.3 is 9.64 Å². The molecule has 0 spiro atoms. The summed E-state index contributed by atoms with van der Waals surface area (Å²) < 4.78 is 5.44. The van der Waals surface area contributed by atoms with Crippen molar-refractivity contribution in [1.29, 1.82) is 0 Å². The molecule has 1 N–H and O–H groups in total. The Hall–Kier alpha value is -1.92. The lowest BCUT2D eigenvalue weighted by Crippen LogP contribution is -2.37. The zero-order valence-electron chi connectivity index (χ0n) is 14.3. The van der Waals surface area contributed by atoms with Gasteiger partial charge in [0.1, 0.15) is 0 Å². The van der Waals surface area contributed by atoms with Crippen molar-refractivity contribution in [2.24, 2.45) is 5.92 Å². The first kappa shape index (κ1) is 16.5. The minimum absolute atomic E-state index is 0.255. The second kappa shape index (κ2) is 7.14. The molecule has 6 heteroatoms. The van der Waals surface area contributed by atoms with E-state index in [4.69, 9.17) is 9.57 Å². The Balaban J connectivity index is 1.36. The molecular formula is C19H24N2O4. The fourth-order valence-electron chi connectivity index (χ4n) is 3.45. The molecule has 1 unspecified atom stereocenters. The summed E-state index contributed by atoms with van der Waals surface area (Å²) in [4.78, 5) is 31.8. The first-order valence-corrected chi connectivity index (χ1v) is 9.19. The molecule has 1 saturated carbocycles. The van der Waals surface area contributed by atoms with Crippen molar-refractivity contribution in [2.75, 3.05) is 13.2 Å². The van der Waals surface area contributed by atoms with Crippen molar-refractivity contribution in [3.63, 3.8) is 0 Å². The Morgan fingerprint density at radius 3 is 2.80 bits per heavy atom. The zero-order chi connectivity index (χ0) is 17.2. The summed E-state index contributed by atoms with van der Waals surface area (Å²) in [6.45, 7) is 2.06. The summed E-state index contributed by atoms with van der Waals surface area (Å²) in [6, 6.07) is 5.66. The van der Waals surface area contributed by atoms with E-state index in [2.05, 4.69) is 5.48 Å². The van der Waals surface area contributed by atoms with Crippen LogP contribution in [0.3, 0.4) is 0 Å².